The molecule has 1 aliphatic heterocycles. The van der Waals surface area contributed by atoms with E-state index in [1.54, 1.807) is 7.05 Å². The zero-order valence-corrected chi connectivity index (χ0v) is 15.0. The van der Waals surface area contributed by atoms with Crippen molar-refractivity contribution in [1.29, 1.82) is 0 Å². The molecule has 1 N–H and O–H groups in total. The van der Waals surface area contributed by atoms with Gasteiger partial charge in [-0.1, -0.05) is 20.3 Å². The molecule has 1 spiro atoms. The lowest BCUT2D eigenvalue weighted by atomic mass is 9.68. The van der Waals surface area contributed by atoms with E-state index in [2.05, 4.69) is 15.2 Å². The molecule has 1 heterocycles. The van der Waals surface area contributed by atoms with E-state index in [0.29, 0.717) is 25.0 Å². The molecule has 7 heteroatoms. The van der Waals surface area contributed by atoms with Crippen molar-refractivity contribution in [1.82, 2.24) is 14.5 Å². The van der Waals surface area contributed by atoms with Gasteiger partial charge in [-0.25, -0.2) is 12.7 Å². The van der Waals surface area contributed by atoms with E-state index in [4.69, 9.17) is 0 Å². The fraction of sp³-hybridized carbons (Fsp3) is 0.933. The second kappa shape index (κ2) is 7.17. The molecule has 0 aromatic rings. The second-order valence-electron chi connectivity index (χ2n) is 6.40. The fourth-order valence-electron chi connectivity index (χ4n) is 3.57. The average molecular weight is 330 g/mol. The van der Waals surface area contributed by atoms with Gasteiger partial charge >= 0.3 is 0 Å². The van der Waals surface area contributed by atoms with Gasteiger partial charge in [0.25, 0.3) is 0 Å². The van der Waals surface area contributed by atoms with Crippen LogP contribution in [0.3, 0.4) is 0 Å². The van der Waals surface area contributed by atoms with Crippen LogP contribution in [-0.2, 0) is 10.0 Å². The molecule has 0 unspecified atom stereocenters. The summed E-state index contributed by atoms with van der Waals surface area (Å²) in [5, 5.41) is 3.23. The van der Waals surface area contributed by atoms with Crippen molar-refractivity contribution >= 4 is 16.0 Å². The number of hydrogen-bond acceptors (Lipinski definition) is 3. The van der Waals surface area contributed by atoms with Gasteiger partial charge in [0.05, 0.1) is 5.75 Å². The van der Waals surface area contributed by atoms with Crippen molar-refractivity contribution in [3.63, 3.8) is 0 Å². The highest BCUT2D eigenvalue weighted by Gasteiger charge is 2.43. The molecule has 1 saturated heterocycles. The van der Waals surface area contributed by atoms with Crippen LogP contribution in [0.5, 0.6) is 0 Å². The summed E-state index contributed by atoms with van der Waals surface area (Å²) in [6, 6.07) is 0. The van der Waals surface area contributed by atoms with E-state index >= 15 is 0 Å². The highest BCUT2D eigenvalue weighted by molar-refractivity contribution is 7.89. The Morgan fingerprint density at radius 1 is 1.27 bits per heavy atom. The summed E-state index contributed by atoms with van der Waals surface area (Å²) in [6.45, 7) is 7.31. The molecular formula is C15H30N4O2S. The SMILES string of the molecule is CCN(CC)S(=O)(=O)CCNC(=NC)N1CCC2(CCC2)C1. The van der Waals surface area contributed by atoms with Crippen LogP contribution in [0.25, 0.3) is 0 Å². The average Bonchev–Trinajstić information content (AvgIpc) is 2.90. The van der Waals surface area contributed by atoms with E-state index in [1.807, 2.05) is 13.8 Å². The Morgan fingerprint density at radius 2 is 1.95 bits per heavy atom. The number of hydrogen-bond donors (Lipinski definition) is 1. The summed E-state index contributed by atoms with van der Waals surface area (Å²) < 4.78 is 25.9. The summed E-state index contributed by atoms with van der Waals surface area (Å²) in [6.07, 6.45) is 5.25. The smallest absolute Gasteiger partial charge is 0.215 e. The van der Waals surface area contributed by atoms with Crippen LogP contribution in [-0.4, -0.2) is 69.1 Å². The van der Waals surface area contributed by atoms with Gasteiger partial charge < -0.3 is 10.2 Å². The maximum Gasteiger partial charge on any atom is 0.215 e. The lowest BCUT2D eigenvalue weighted by Gasteiger charge is -2.38. The normalized spacial score (nSPS) is 21.5. The molecule has 1 saturated carbocycles. The van der Waals surface area contributed by atoms with E-state index in [1.165, 1.54) is 30.0 Å². The zero-order valence-electron chi connectivity index (χ0n) is 14.1. The minimum Gasteiger partial charge on any atom is -0.355 e. The van der Waals surface area contributed by atoms with Crippen molar-refractivity contribution < 1.29 is 8.42 Å². The Kier molecular flexibility index (Phi) is 5.71. The number of guanidine groups is 1. The van der Waals surface area contributed by atoms with Gasteiger partial charge in [0.15, 0.2) is 5.96 Å². The number of nitrogens with one attached hydrogen (secondary N) is 1. The Labute approximate surface area is 135 Å². The first kappa shape index (κ1) is 17.5. The second-order valence-corrected chi connectivity index (χ2v) is 8.49. The summed E-state index contributed by atoms with van der Waals surface area (Å²) in [4.78, 5) is 6.60. The summed E-state index contributed by atoms with van der Waals surface area (Å²) >= 11 is 0. The van der Waals surface area contributed by atoms with Crippen molar-refractivity contribution in [3.8, 4) is 0 Å². The number of aliphatic imine (C=N–C) groups is 1. The molecule has 2 fully saturated rings. The molecule has 22 heavy (non-hydrogen) atoms. The largest absolute Gasteiger partial charge is 0.355 e. The van der Waals surface area contributed by atoms with Crippen molar-refractivity contribution in [3.05, 3.63) is 0 Å². The van der Waals surface area contributed by atoms with E-state index in [9.17, 15) is 8.42 Å². The van der Waals surface area contributed by atoms with Crippen molar-refractivity contribution in [2.24, 2.45) is 10.4 Å². The summed E-state index contributed by atoms with van der Waals surface area (Å²) in [7, 11) is -1.40. The van der Waals surface area contributed by atoms with E-state index in [0.717, 1.165) is 19.0 Å². The van der Waals surface area contributed by atoms with Gasteiger partial charge in [0, 0.05) is 39.8 Å². The first-order valence-corrected chi connectivity index (χ1v) is 10.0. The Hall–Kier alpha value is -0.820. The van der Waals surface area contributed by atoms with Gasteiger partial charge in [-0.3, -0.25) is 4.99 Å². The van der Waals surface area contributed by atoms with Gasteiger partial charge in [-0.05, 0) is 24.7 Å². The Balaban J connectivity index is 1.82. The quantitative estimate of drug-likeness (QED) is 0.585. The monoisotopic (exact) mass is 330 g/mol. The van der Waals surface area contributed by atoms with Crippen LogP contribution in [0.4, 0.5) is 0 Å². The highest BCUT2D eigenvalue weighted by Crippen LogP contribution is 2.47. The zero-order chi connectivity index (χ0) is 16.2. The number of sulfonamides is 1. The lowest BCUT2D eigenvalue weighted by Crippen LogP contribution is -2.45. The van der Waals surface area contributed by atoms with Gasteiger partial charge in [-0.15, -0.1) is 0 Å². The molecule has 1 aliphatic carbocycles. The first-order chi connectivity index (χ1) is 10.5. The molecule has 0 bridgehead atoms. The molecule has 0 atom stereocenters. The van der Waals surface area contributed by atoms with Gasteiger partial charge in [0.2, 0.25) is 10.0 Å². The van der Waals surface area contributed by atoms with Crippen LogP contribution in [0.1, 0.15) is 39.5 Å². The van der Waals surface area contributed by atoms with Crippen LogP contribution in [0.2, 0.25) is 0 Å². The minimum atomic E-state index is -3.17. The number of rotatable bonds is 6. The molecular weight excluding hydrogens is 300 g/mol. The van der Waals surface area contributed by atoms with Gasteiger partial charge in [-0.2, -0.15) is 0 Å². The summed E-state index contributed by atoms with van der Waals surface area (Å²) in [5.74, 6) is 0.964. The molecule has 2 rings (SSSR count). The van der Waals surface area contributed by atoms with Crippen LogP contribution < -0.4 is 5.32 Å². The molecule has 0 radical (unpaired) electrons. The third-order valence-electron chi connectivity index (χ3n) is 5.11. The molecule has 6 nitrogen and oxygen atoms in total. The Bertz CT molecular complexity index is 496. The molecule has 0 amide bonds. The maximum atomic E-state index is 12.2. The first-order valence-electron chi connectivity index (χ1n) is 8.40. The third kappa shape index (κ3) is 3.74. The standard InChI is InChI=1S/C15H30N4O2S/c1-4-19(5-2)22(20,21)12-10-17-14(16-3)18-11-9-15(13-18)7-6-8-15/h4-13H2,1-3H3,(H,16,17). The molecule has 0 aromatic carbocycles. The van der Waals surface area contributed by atoms with Crippen molar-refractivity contribution in [2.75, 3.05) is 45.5 Å². The third-order valence-corrected chi connectivity index (χ3v) is 7.13. The van der Waals surface area contributed by atoms with Crippen LogP contribution in [0, 0.1) is 5.41 Å². The van der Waals surface area contributed by atoms with Gasteiger partial charge in [0.1, 0.15) is 0 Å². The molecule has 128 valence electrons. The van der Waals surface area contributed by atoms with Crippen LogP contribution in [0.15, 0.2) is 4.99 Å². The lowest BCUT2D eigenvalue weighted by molar-refractivity contribution is 0.151. The Morgan fingerprint density at radius 3 is 2.41 bits per heavy atom. The predicted octanol–water partition coefficient (Wildman–Crippen LogP) is 1.11. The molecule has 2 aliphatic rings. The summed E-state index contributed by atoms with van der Waals surface area (Å²) in [5.41, 5.74) is 0.519. The number of likely N-dealkylation sites (tertiary alicyclic amines) is 1. The minimum absolute atomic E-state index is 0.118. The van der Waals surface area contributed by atoms with E-state index < -0.39 is 10.0 Å². The molecule has 0 aromatic heterocycles. The highest BCUT2D eigenvalue weighted by atomic mass is 32.2. The topological polar surface area (TPSA) is 65.0 Å². The number of nitrogens with zero attached hydrogens (tertiary/aromatic N) is 3. The van der Waals surface area contributed by atoms with E-state index in [-0.39, 0.29) is 5.75 Å². The van der Waals surface area contributed by atoms with Crippen molar-refractivity contribution in [2.45, 2.75) is 39.5 Å². The van der Waals surface area contributed by atoms with Crippen LogP contribution >= 0.6 is 0 Å². The maximum absolute atomic E-state index is 12.2. The fourth-order valence-corrected chi connectivity index (χ4v) is 4.98. The predicted molar refractivity (Wildman–Crippen MR) is 90.5 cm³/mol.